The summed E-state index contributed by atoms with van der Waals surface area (Å²) < 4.78 is 0. The highest BCUT2D eigenvalue weighted by atomic mass is 32.2. The van der Waals surface area contributed by atoms with Gasteiger partial charge in [-0.05, 0) is 24.9 Å². The Morgan fingerprint density at radius 2 is 2.31 bits per heavy atom. The zero-order valence-corrected chi connectivity index (χ0v) is 10.2. The molecule has 1 heterocycles. The van der Waals surface area contributed by atoms with Gasteiger partial charge in [-0.15, -0.1) is 0 Å². The van der Waals surface area contributed by atoms with Crippen molar-refractivity contribution in [1.82, 2.24) is 10.4 Å². The van der Waals surface area contributed by atoms with Crippen LogP contribution in [0, 0.1) is 5.21 Å². The summed E-state index contributed by atoms with van der Waals surface area (Å²) in [5, 5.41) is 20.4. The Balaban J connectivity index is 2.71. The number of thioether (sulfide) groups is 1. The summed E-state index contributed by atoms with van der Waals surface area (Å²) in [4.78, 5) is 11.9. The fraction of sp³-hybridized carbons (Fsp3) is 0.444. The molecule has 0 atom stereocenters. The number of nitrogens with zero attached hydrogens (tertiary/aromatic N) is 2. The third-order valence-corrected chi connectivity index (χ3v) is 2.35. The molecule has 1 aromatic rings. The number of nitrogens with one attached hydrogen (secondary N) is 2. The molecule has 0 aliphatic carbocycles. The van der Waals surface area contributed by atoms with Crippen LogP contribution in [0.1, 0.15) is 13.8 Å². The summed E-state index contributed by atoms with van der Waals surface area (Å²) >= 11 is 1.27. The number of hydrogen-bond donors (Lipinski definition) is 2. The number of rotatable bonds is 3. The van der Waals surface area contributed by atoms with E-state index in [1.54, 1.807) is 12.3 Å². The highest BCUT2D eigenvalue weighted by molar-refractivity contribution is 7.98. The first-order chi connectivity index (χ1) is 7.52. The van der Waals surface area contributed by atoms with Gasteiger partial charge in [0.25, 0.3) is 5.03 Å². The molecule has 88 valence electrons. The molecule has 1 aromatic heterocycles. The van der Waals surface area contributed by atoms with Gasteiger partial charge in [0.05, 0.1) is 5.69 Å². The molecule has 0 aliphatic rings. The van der Waals surface area contributed by atoms with Crippen molar-refractivity contribution in [3.63, 3.8) is 0 Å². The van der Waals surface area contributed by atoms with Gasteiger partial charge >= 0.3 is 6.03 Å². The lowest BCUT2D eigenvalue weighted by atomic mass is 10.4. The molecule has 0 saturated heterocycles. The van der Waals surface area contributed by atoms with Crippen molar-refractivity contribution in [2.45, 2.75) is 24.9 Å². The van der Waals surface area contributed by atoms with E-state index in [0.717, 1.165) is 0 Å². The van der Waals surface area contributed by atoms with E-state index in [0.29, 0.717) is 15.6 Å². The van der Waals surface area contributed by atoms with E-state index in [-0.39, 0.29) is 12.1 Å². The van der Waals surface area contributed by atoms with Crippen molar-refractivity contribution in [2.24, 2.45) is 0 Å². The summed E-state index contributed by atoms with van der Waals surface area (Å²) in [5.74, 6) is 0. The molecule has 0 radical (unpaired) electrons. The second-order valence-electron chi connectivity index (χ2n) is 3.41. The Hall–Kier alpha value is -1.50. The average molecular weight is 242 g/mol. The quantitative estimate of drug-likeness (QED) is 0.470. The van der Waals surface area contributed by atoms with Gasteiger partial charge < -0.3 is 15.8 Å². The Morgan fingerprint density at radius 1 is 1.62 bits per heavy atom. The van der Waals surface area contributed by atoms with Gasteiger partial charge in [-0.1, -0.05) is 11.8 Å². The minimum absolute atomic E-state index is 0.0566. The molecule has 7 heteroatoms. The Bertz CT molecular complexity index is 384. The van der Waals surface area contributed by atoms with Crippen LogP contribution in [-0.4, -0.2) is 23.4 Å². The van der Waals surface area contributed by atoms with Crippen LogP contribution in [-0.2, 0) is 0 Å². The summed E-state index contributed by atoms with van der Waals surface area (Å²) in [5.41, 5.74) is 0.495. The molecule has 6 nitrogen and oxygen atoms in total. The number of carbonyl (C=O) groups is 1. The molecule has 0 saturated carbocycles. The minimum atomic E-state index is -0.312. The molecule has 0 spiro atoms. The van der Waals surface area contributed by atoms with E-state index < -0.39 is 0 Å². The molecule has 2 N–H and O–H groups in total. The molecule has 0 fully saturated rings. The maximum atomic E-state index is 11.4. The van der Waals surface area contributed by atoms with Crippen molar-refractivity contribution in [2.75, 3.05) is 11.6 Å². The smallest absolute Gasteiger partial charge is 0.319 e. The van der Waals surface area contributed by atoms with Crippen molar-refractivity contribution >= 4 is 23.5 Å². The van der Waals surface area contributed by atoms with Gasteiger partial charge in [0.2, 0.25) is 0 Å². The summed E-state index contributed by atoms with van der Waals surface area (Å²) in [6, 6.07) is 1.32. The van der Waals surface area contributed by atoms with Crippen molar-refractivity contribution in [3.05, 3.63) is 17.5 Å². The molecule has 0 aromatic carbocycles. The second kappa shape index (κ2) is 5.55. The summed E-state index contributed by atoms with van der Waals surface area (Å²) in [7, 11) is 0. The number of anilines is 1. The molecule has 0 aliphatic heterocycles. The summed E-state index contributed by atoms with van der Waals surface area (Å²) in [6.45, 7) is 3.73. The lowest BCUT2D eigenvalue weighted by Gasteiger charge is -2.09. The zero-order chi connectivity index (χ0) is 12.1. The van der Waals surface area contributed by atoms with Gasteiger partial charge in [-0.2, -0.15) is 0 Å². The van der Waals surface area contributed by atoms with E-state index in [9.17, 15) is 10.0 Å². The van der Waals surface area contributed by atoms with Crippen LogP contribution in [0.3, 0.4) is 0 Å². The fourth-order valence-corrected chi connectivity index (χ4v) is 1.48. The topological polar surface area (TPSA) is 81.0 Å². The highest BCUT2D eigenvalue weighted by Gasteiger charge is 2.09. The molecule has 16 heavy (non-hydrogen) atoms. The van der Waals surface area contributed by atoms with Gasteiger partial charge in [-0.3, -0.25) is 0 Å². The third-order valence-electron chi connectivity index (χ3n) is 1.66. The van der Waals surface area contributed by atoms with Gasteiger partial charge in [0, 0.05) is 17.2 Å². The predicted octanol–water partition coefficient (Wildman–Crippen LogP) is 0.967. The Labute approximate surface area is 98.0 Å². The van der Waals surface area contributed by atoms with E-state index in [1.807, 2.05) is 13.8 Å². The Kier molecular flexibility index (Phi) is 4.36. The average Bonchev–Trinajstić information content (AvgIpc) is 2.19. The fourth-order valence-electron chi connectivity index (χ4n) is 1.03. The first-order valence-corrected chi connectivity index (χ1v) is 5.97. The zero-order valence-electron chi connectivity index (χ0n) is 9.35. The van der Waals surface area contributed by atoms with E-state index in [2.05, 4.69) is 15.7 Å². The molecular weight excluding hydrogens is 228 g/mol. The number of aromatic nitrogens is 2. The predicted molar refractivity (Wildman–Crippen MR) is 62.3 cm³/mol. The van der Waals surface area contributed by atoms with Crippen LogP contribution in [0.4, 0.5) is 10.5 Å². The lowest BCUT2D eigenvalue weighted by Crippen LogP contribution is -2.36. The van der Waals surface area contributed by atoms with Crippen molar-refractivity contribution in [3.8, 4) is 0 Å². The summed E-state index contributed by atoms with van der Waals surface area (Å²) in [6.07, 6.45) is 3.08. The van der Waals surface area contributed by atoms with Gasteiger partial charge in [0.15, 0.2) is 0 Å². The van der Waals surface area contributed by atoms with E-state index >= 15 is 0 Å². The van der Waals surface area contributed by atoms with E-state index in [4.69, 9.17) is 0 Å². The lowest BCUT2D eigenvalue weighted by molar-refractivity contribution is -0.706. The van der Waals surface area contributed by atoms with E-state index in [1.165, 1.54) is 18.0 Å². The van der Waals surface area contributed by atoms with Crippen molar-refractivity contribution < 1.29 is 9.64 Å². The number of amides is 2. The molecule has 2 amide bonds. The maximum absolute atomic E-state index is 11.4. The second-order valence-corrected chi connectivity index (χ2v) is 4.24. The largest absolute Gasteiger partial charge is 0.593 e. The third kappa shape index (κ3) is 3.58. The molecule has 0 bridgehead atoms. The normalized spacial score (nSPS) is 10.2. The van der Waals surface area contributed by atoms with Crippen LogP contribution in [0.25, 0.3) is 0 Å². The maximum Gasteiger partial charge on any atom is 0.319 e. The van der Waals surface area contributed by atoms with Crippen LogP contribution >= 0.6 is 11.8 Å². The number of urea groups is 1. The standard InChI is InChI=1S/C9H14N4O2S/c1-6(2)11-9(14)12-7-4-8(16-3)13(15)10-5-7/h4-6H,1-3H3,(H2,11,12,14). The van der Waals surface area contributed by atoms with Crippen LogP contribution < -0.4 is 15.5 Å². The molecular formula is C9H14N4O2S. The SMILES string of the molecule is CSc1cc(NC(=O)NC(C)C)cn[n+]1[O-]. The first kappa shape index (κ1) is 12.6. The van der Waals surface area contributed by atoms with Crippen LogP contribution in [0.2, 0.25) is 0 Å². The van der Waals surface area contributed by atoms with Crippen molar-refractivity contribution in [1.29, 1.82) is 0 Å². The molecule has 0 unspecified atom stereocenters. The minimum Gasteiger partial charge on any atom is -0.593 e. The Morgan fingerprint density at radius 3 is 2.88 bits per heavy atom. The number of carbonyl (C=O) groups excluding carboxylic acids is 1. The first-order valence-electron chi connectivity index (χ1n) is 4.74. The molecule has 1 rings (SSSR count). The number of hydrogen-bond acceptors (Lipinski definition) is 4. The van der Waals surface area contributed by atoms with Gasteiger partial charge in [-0.25, -0.2) is 4.79 Å². The van der Waals surface area contributed by atoms with Crippen LogP contribution in [0.5, 0.6) is 0 Å². The monoisotopic (exact) mass is 242 g/mol. The highest BCUT2D eigenvalue weighted by Crippen LogP contribution is 2.13. The van der Waals surface area contributed by atoms with Crippen LogP contribution in [0.15, 0.2) is 17.3 Å². The van der Waals surface area contributed by atoms with Gasteiger partial charge in [0.1, 0.15) is 6.20 Å².